The third-order valence-corrected chi connectivity index (χ3v) is 5.28. The summed E-state index contributed by atoms with van der Waals surface area (Å²) in [6.45, 7) is 4.31. The van der Waals surface area contributed by atoms with Crippen molar-refractivity contribution in [2.45, 2.75) is 33.1 Å². The fourth-order valence-electron chi connectivity index (χ4n) is 3.07. The van der Waals surface area contributed by atoms with E-state index < -0.39 is 0 Å². The Hall–Kier alpha value is -2.90. The maximum absolute atomic E-state index is 12.7. The topological polar surface area (TPSA) is 88.3 Å². The molecule has 0 aliphatic heterocycles. The maximum atomic E-state index is 12.7. The highest BCUT2D eigenvalue weighted by molar-refractivity contribution is 6.35. The number of carbonyl (C=O) groups is 2. The first kappa shape index (κ1) is 23.8. The molecular weight excluding hydrogens is 451 g/mol. The smallest absolute Gasteiger partial charge is 0.244 e. The lowest BCUT2D eigenvalue weighted by Gasteiger charge is -2.21. The van der Waals surface area contributed by atoms with Crippen LogP contribution in [0, 0.1) is 6.92 Å². The van der Waals surface area contributed by atoms with Gasteiger partial charge in [0.25, 0.3) is 0 Å². The molecule has 0 saturated carbocycles. The summed E-state index contributed by atoms with van der Waals surface area (Å²) in [6, 6.07) is 12.6. The van der Waals surface area contributed by atoms with E-state index in [9.17, 15) is 9.59 Å². The molecule has 0 spiro atoms. The molecule has 0 saturated heterocycles. The summed E-state index contributed by atoms with van der Waals surface area (Å²) in [5.74, 6) is 0.334. The van der Waals surface area contributed by atoms with Gasteiger partial charge >= 0.3 is 0 Å². The van der Waals surface area contributed by atoms with Crippen LogP contribution in [0.3, 0.4) is 0 Å². The number of halogens is 2. The van der Waals surface area contributed by atoms with Gasteiger partial charge < -0.3 is 14.7 Å². The van der Waals surface area contributed by atoms with Crippen LogP contribution in [0.25, 0.3) is 11.4 Å². The molecule has 168 valence electrons. The van der Waals surface area contributed by atoms with Gasteiger partial charge in [0, 0.05) is 30.0 Å². The lowest BCUT2D eigenvalue weighted by Crippen LogP contribution is -2.38. The van der Waals surface area contributed by atoms with Crippen LogP contribution < -0.4 is 5.32 Å². The summed E-state index contributed by atoms with van der Waals surface area (Å²) >= 11 is 12.1. The van der Waals surface area contributed by atoms with Crippen molar-refractivity contribution in [1.29, 1.82) is 0 Å². The van der Waals surface area contributed by atoms with E-state index >= 15 is 0 Å². The molecule has 2 aromatic carbocycles. The third-order valence-electron chi connectivity index (χ3n) is 4.71. The molecule has 2 amide bonds. The molecule has 1 N–H and O–H groups in total. The lowest BCUT2D eigenvalue weighted by atomic mass is 10.1. The SMILES string of the molecule is CCCN(CC(=O)Nc1cc(Cl)ccc1Cl)C(=O)CCc1nc(-c2ccc(C)cc2)no1. The molecule has 1 heterocycles. The molecule has 0 bridgehead atoms. The predicted octanol–water partition coefficient (Wildman–Crippen LogP) is 5.16. The van der Waals surface area contributed by atoms with Gasteiger partial charge in [-0.15, -0.1) is 0 Å². The van der Waals surface area contributed by atoms with Gasteiger partial charge in [-0.25, -0.2) is 0 Å². The molecule has 0 unspecified atom stereocenters. The number of anilines is 1. The average molecular weight is 475 g/mol. The molecule has 3 rings (SSSR count). The van der Waals surface area contributed by atoms with Crippen molar-refractivity contribution in [2.24, 2.45) is 0 Å². The fraction of sp³-hybridized carbons (Fsp3) is 0.304. The molecule has 0 aliphatic rings. The van der Waals surface area contributed by atoms with Crippen molar-refractivity contribution in [3.63, 3.8) is 0 Å². The summed E-state index contributed by atoms with van der Waals surface area (Å²) in [5, 5.41) is 7.52. The van der Waals surface area contributed by atoms with E-state index in [2.05, 4.69) is 15.5 Å². The maximum Gasteiger partial charge on any atom is 0.244 e. The highest BCUT2D eigenvalue weighted by Crippen LogP contribution is 2.25. The van der Waals surface area contributed by atoms with Crippen LogP contribution in [0.2, 0.25) is 10.0 Å². The van der Waals surface area contributed by atoms with Gasteiger partial charge in [0.1, 0.15) is 0 Å². The Morgan fingerprint density at radius 1 is 1.12 bits per heavy atom. The van der Waals surface area contributed by atoms with Gasteiger partial charge in [-0.05, 0) is 31.5 Å². The Labute approximate surface area is 196 Å². The van der Waals surface area contributed by atoms with Gasteiger partial charge in [0.15, 0.2) is 0 Å². The largest absolute Gasteiger partial charge is 0.339 e. The second kappa shape index (κ2) is 11.1. The zero-order valence-electron chi connectivity index (χ0n) is 17.9. The van der Waals surface area contributed by atoms with Gasteiger partial charge in [0.05, 0.1) is 17.3 Å². The first-order valence-corrected chi connectivity index (χ1v) is 11.0. The van der Waals surface area contributed by atoms with Gasteiger partial charge in [0.2, 0.25) is 23.5 Å². The number of rotatable bonds is 9. The van der Waals surface area contributed by atoms with Crippen LogP contribution in [-0.4, -0.2) is 39.9 Å². The minimum atomic E-state index is -0.351. The molecule has 0 aliphatic carbocycles. The molecule has 3 aromatic rings. The Morgan fingerprint density at radius 3 is 2.59 bits per heavy atom. The number of nitrogens with one attached hydrogen (secondary N) is 1. The first-order chi connectivity index (χ1) is 15.4. The van der Waals surface area contributed by atoms with Crippen molar-refractivity contribution in [2.75, 3.05) is 18.4 Å². The van der Waals surface area contributed by atoms with E-state index in [0.717, 1.165) is 17.5 Å². The van der Waals surface area contributed by atoms with E-state index in [1.165, 1.54) is 4.90 Å². The molecular formula is C23H24Cl2N4O3. The second-order valence-electron chi connectivity index (χ2n) is 7.37. The normalized spacial score (nSPS) is 10.8. The number of aromatic nitrogens is 2. The van der Waals surface area contributed by atoms with Gasteiger partial charge in [-0.3, -0.25) is 9.59 Å². The Kier molecular flexibility index (Phi) is 8.25. The van der Waals surface area contributed by atoms with Crippen LogP contribution in [0.4, 0.5) is 5.69 Å². The number of benzene rings is 2. The molecule has 9 heteroatoms. The fourth-order valence-corrected chi connectivity index (χ4v) is 3.40. The van der Waals surface area contributed by atoms with Crippen LogP contribution in [0.15, 0.2) is 47.0 Å². The molecule has 1 aromatic heterocycles. The van der Waals surface area contributed by atoms with Crippen LogP contribution in [0.5, 0.6) is 0 Å². The molecule has 0 fully saturated rings. The predicted molar refractivity (Wildman–Crippen MR) is 125 cm³/mol. The summed E-state index contributed by atoms with van der Waals surface area (Å²) in [4.78, 5) is 31.1. The summed E-state index contributed by atoms with van der Waals surface area (Å²) < 4.78 is 5.29. The van der Waals surface area contributed by atoms with Crippen molar-refractivity contribution in [3.8, 4) is 11.4 Å². The third kappa shape index (κ3) is 6.55. The van der Waals surface area contributed by atoms with Gasteiger partial charge in [-0.2, -0.15) is 4.98 Å². The van der Waals surface area contributed by atoms with Crippen molar-refractivity contribution in [1.82, 2.24) is 15.0 Å². The molecule has 7 nitrogen and oxygen atoms in total. The van der Waals surface area contributed by atoms with Crippen LogP contribution >= 0.6 is 23.2 Å². The highest BCUT2D eigenvalue weighted by atomic mass is 35.5. The summed E-state index contributed by atoms with van der Waals surface area (Å²) in [5.41, 5.74) is 2.39. The number of hydrogen-bond acceptors (Lipinski definition) is 5. The van der Waals surface area contributed by atoms with E-state index in [-0.39, 0.29) is 24.8 Å². The van der Waals surface area contributed by atoms with Crippen molar-refractivity contribution >= 4 is 40.7 Å². The zero-order valence-corrected chi connectivity index (χ0v) is 19.4. The number of nitrogens with zero attached hydrogens (tertiary/aromatic N) is 3. The second-order valence-corrected chi connectivity index (χ2v) is 8.21. The Bertz CT molecular complexity index is 1080. The monoisotopic (exact) mass is 474 g/mol. The first-order valence-electron chi connectivity index (χ1n) is 10.3. The van der Waals surface area contributed by atoms with Crippen LogP contribution in [-0.2, 0) is 16.0 Å². The van der Waals surface area contributed by atoms with E-state index in [0.29, 0.717) is 40.4 Å². The summed E-state index contributed by atoms with van der Waals surface area (Å²) in [7, 11) is 0. The number of amides is 2. The van der Waals surface area contributed by atoms with Crippen LogP contribution in [0.1, 0.15) is 31.2 Å². The Balaban J connectivity index is 1.57. The Morgan fingerprint density at radius 2 is 1.88 bits per heavy atom. The standard InChI is InChI=1S/C23H24Cl2N4O3/c1-3-12-29(14-20(30)26-19-13-17(24)8-9-18(19)25)22(31)11-10-21-27-23(28-32-21)16-6-4-15(2)5-7-16/h4-9,13H,3,10-12,14H2,1-2H3,(H,26,30). The number of carbonyl (C=O) groups excluding carboxylic acids is 2. The van der Waals surface area contributed by atoms with E-state index in [1.807, 2.05) is 38.1 Å². The van der Waals surface area contributed by atoms with E-state index in [4.69, 9.17) is 27.7 Å². The average Bonchev–Trinajstić information content (AvgIpc) is 3.24. The molecule has 0 radical (unpaired) electrons. The minimum absolute atomic E-state index is 0.0893. The van der Waals surface area contributed by atoms with E-state index in [1.54, 1.807) is 18.2 Å². The highest BCUT2D eigenvalue weighted by Gasteiger charge is 2.19. The quantitative estimate of drug-likeness (QED) is 0.462. The minimum Gasteiger partial charge on any atom is -0.339 e. The molecule has 32 heavy (non-hydrogen) atoms. The zero-order chi connectivity index (χ0) is 23.1. The lowest BCUT2D eigenvalue weighted by molar-refractivity contribution is -0.134. The van der Waals surface area contributed by atoms with Gasteiger partial charge in [-0.1, -0.05) is 65.1 Å². The van der Waals surface area contributed by atoms with Crippen molar-refractivity contribution < 1.29 is 14.1 Å². The van der Waals surface area contributed by atoms with Crippen molar-refractivity contribution in [3.05, 3.63) is 64.0 Å². The number of hydrogen-bond donors (Lipinski definition) is 1. The summed E-state index contributed by atoms with van der Waals surface area (Å²) in [6.07, 6.45) is 1.16. The molecule has 0 atom stereocenters. The number of aryl methyl sites for hydroxylation is 2.